The van der Waals surface area contributed by atoms with Gasteiger partial charge in [-0.15, -0.1) is 0 Å². The van der Waals surface area contributed by atoms with Gasteiger partial charge in [0, 0.05) is 24.7 Å². The lowest BCUT2D eigenvalue weighted by Gasteiger charge is -2.44. The van der Waals surface area contributed by atoms with Crippen molar-refractivity contribution >= 4 is 0 Å². The van der Waals surface area contributed by atoms with Crippen molar-refractivity contribution in [2.24, 2.45) is 11.7 Å². The summed E-state index contributed by atoms with van der Waals surface area (Å²) in [5.41, 5.74) is 7.01. The van der Waals surface area contributed by atoms with Crippen LogP contribution in [0.1, 0.15) is 39.2 Å². The molecule has 0 heterocycles. The Hall–Kier alpha value is -0.930. The molecule has 0 aromatic heterocycles. The summed E-state index contributed by atoms with van der Waals surface area (Å²) in [6.07, 6.45) is 3.47. The van der Waals surface area contributed by atoms with Crippen LogP contribution < -0.4 is 5.73 Å². The monoisotopic (exact) mass is 278 g/mol. The molecule has 2 rings (SSSR count). The molecule has 20 heavy (non-hydrogen) atoms. The van der Waals surface area contributed by atoms with Gasteiger partial charge in [-0.3, -0.25) is 4.90 Å². The minimum atomic E-state index is -0.167. The Bertz CT molecular complexity index is 442. The second-order valence-electron chi connectivity index (χ2n) is 6.70. The maximum absolute atomic E-state index is 13.4. The normalized spacial score (nSPS) is 18.6. The van der Waals surface area contributed by atoms with Crippen LogP contribution in [0.5, 0.6) is 0 Å². The zero-order chi connectivity index (χ0) is 14.8. The van der Waals surface area contributed by atoms with E-state index in [0.717, 1.165) is 24.4 Å². The lowest BCUT2D eigenvalue weighted by molar-refractivity contribution is 0.0702. The van der Waals surface area contributed by atoms with E-state index in [0.29, 0.717) is 12.6 Å². The molecule has 0 aliphatic heterocycles. The van der Waals surface area contributed by atoms with E-state index in [1.54, 1.807) is 12.1 Å². The average Bonchev–Trinajstić information content (AvgIpc) is 3.19. The van der Waals surface area contributed by atoms with Gasteiger partial charge in [0.2, 0.25) is 0 Å². The van der Waals surface area contributed by atoms with Gasteiger partial charge in [0.25, 0.3) is 0 Å². The standard InChI is InChI=1S/C17H27FN2/c1-13(2)20(11-14-7-8-14)17(3,12-19)10-15-5-4-6-16(18)9-15/h4-6,9,13-14H,7-8,10-12,19H2,1-3H3. The van der Waals surface area contributed by atoms with E-state index >= 15 is 0 Å². The molecule has 0 amide bonds. The highest BCUT2D eigenvalue weighted by atomic mass is 19.1. The summed E-state index contributed by atoms with van der Waals surface area (Å²) < 4.78 is 13.4. The third-order valence-corrected chi connectivity index (χ3v) is 4.38. The molecule has 1 aliphatic carbocycles. The van der Waals surface area contributed by atoms with Crippen LogP contribution >= 0.6 is 0 Å². The molecule has 3 heteroatoms. The van der Waals surface area contributed by atoms with E-state index in [2.05, 4.69) is 25.7 Å². The molecular formula is C17H27FN2. The molecular weight excluding hydrogens is 251 g/mol. The minimum Gasteiger partial charge on any atom is -0.329 e. The lowest BCUT2D eigenvalue weighted by atomic mass is 9.89. The highest BCUT2D eigenvalue weighted by molar-refractivity contribution is 5.19. The number of benzene rings is 1. The molecule has 2 N–H and O–H groups in total. The van der Waals surface area contributed by atoms with Crippen molar-refractivity contribution in [1.29, 1.82) is 0 Å². The smallest absolute Gasteiger partial charge is 0.123 e. The predicted octanol–water partition coefficient (Wildman–Crippen LogP) is 3.21. The fourth-order valence-corrected chi connectivity index (χ4v) is 3.01. The zero-order valence-corrected chi connectivity index (χ0v) is 12.9. The van der Waals surface area contributed by atoms with E-state index in [9.17, 15) is 4.39 Å². The number of halogens is 1. The molecule has 112 valence electrons. The minimum absolute atomic E-state index is 0.107. The number of nitrogens with zero attached hydrogens (tertiary/aromatic N) is 1. The lowest BCUT2D eigenvalue weighted by Crippen LogP contribution is -2.56. The first-order chi connectivity index (χ1) is 9.44. The molecule has 1 atom stereocenters. The van der Waals surface area contributed by atoms with Crippen molar-refractivity contribution in [1.82, 2.24) is 4.90 Å². The first-order valence-corrected chi connectivity index (χ1v) is 7.66. The Balaban J connectivity index is 2.16. The van der Waals surface area contributed by atoms with Crippen LogP contribution in [0, 0.1) is 11.7 Å². The van der Waals surface area contributed by atoms with Crippen molar-refractivity contribution < 1.29 is 4.39 Å². The molecule has 1 fully saturated rings. The van der Waals surface area contributed by atoms with Gasteiger partial charge in [-0.1, -0.05) is 12.1 Å². The quantitative estimate of drug-likeness (QED) is 0.830. The van der Waals surface area contributed by atoms with Crippen LogP contribution in [-0.4, -0.2) is 29.6 Å². The molecule has 2 nitrogen and oxygen atoms in total. The van der Waals surface area contributed by atoms with Gasteiger partial charge < -0.3 is 5.73 Å². The van der Waals surface area contributed by atoms with Crippen LogP contribution in [0.25, 0.3) is 0 Å². The van der Waals surface area contributed by atoms with Crippen molar-refractivity contribution in [3.63, 3.8) is 0 Å². The molecule has 1 aromatic rings. The number of hydrogen-bond acceptors (Lipinski definition) is 2. The van der Waals surface area contributed by atoms with Gasteiger partial charge in [-0.25, -0.2) is 4.39 Å². The SMILES string of the molecule is CC(C)N(CC1CC1)C(C)(CN)Cc1cccc(F)c1. The van der Waals surface area contributed by atoms with E-state index in [1.807, 2.05) is 6.07 Å². The topological polar surface area (TPSA) is 29.3 Å². The molecule has 0 radical (unpaired) electrons. The van der Waals surface area contributed by atoms with Crippen LogP contribution in [0.15, 0.2) is 24.3 Å². The highest BCUT2D eigenvalue weighted by Crippen LogP contribution is 2.34. The van der Waals surface area contributed by atoms with Gasteiger partial charge in [0.05, 0.1) is 0 Å². The summed E-state index contributed by atoms with van der Waals surface area (Å²) in [7, 11) is 0. The van der Waals surface area contributed by atoms with Crippen molar-refractivity contribution in [3.8, 4) is 0 Å². The first kappa shape index (κ1) is 15.5. The number of nitrogens with two attached hydrogens (primary N) is 1. The van der Waals surface area contributed by atoms with Crippen LogP contribution in [0.2, 0.25) is 0 Å². The van der Waals surface area contributed by atoms with Gasteiger partial charge >= 0.3 is 0 Å². The van der Waals surface area contributed by atoms with Crippen LogP contribution in [0.3, 0.4) is 0 Å². The molecule has 0 saturated heterocycles. The average molecular weight is 278 g/mol. The molecule has 1 saturated carbocycles. The fourth-order valence-electron chi connectivity index (χ4n) is 3.01. The Morgan fingerprint density at radius 3 is 2.60 bits per heavy atom. The van der Waals surface area contributed by atoms with E-state index in [-0.39, 0.29) is 11.4 Å². The molecule has 1 aliphatic rings. The van der Waals surface area contributed by atoms with Gasteiger partial charge in [0.15, 0.2) is 0 Å². The molecule has 0 bridgehead atoms. The summed E-state index contributed by atoms with van der Waals surface area (Å²) in [5, 5.41) is 0. The summed E-state index contributed by atoms with van der Waals surface area (Å²) in [6, 6.07) is 7.35. The van der Waals surface area contributed by atoms with E-state index < -0.39 is 0 Å². The maximum Gasteiger partial charge on any atom is 0.123 e. The first-order valence-electron chi connectivity index (χ1n) is 7.66. The highest BCUT2D eigenvalue weighted by Gasteiger charge is 2.36. The molecule has 0 spiro atoms. The van der Waals surface area contributed by atoms with E-state index in [4.69, 9.17) is 5.73 Å². The Morgan fingerprint density at radius 1 is 1.40 bits per heavy atom. The number of rotatable bonds is 7. The second kappa shape index (κ2) is 6.23. The Kier molecular flexibility index (Phi) is 4.82. The summed E-state index contributed by atoms with van der Waals surface area (Å²) in [5.74, 6) is 0.663. The molecule has 1 unspecified atom stereocenters. The van der Waals surface area contributed by atoms with Gasteiger partial charge in [-0.2, -0.15) is 0 Å². The van der Waals surface area contributed by atoms with E-state index in [1.165, 1.54) is 18.9 Å². The second-order valence-corrected chi connectivity index (χ2v) is 6.70. The van der Waals surface area contributed by atoms with Crippen LogP contribution in [0.4, 0.5) is 4.39 Å². The van der Waals surface area contributed by atoms with Gasteiger partial charge in [-0.05, 0) is 63.6 Å². The number of hydrogen-bond donors (Lipinski definition) is 1. The largest absolute Gasteiger partial charge is 0.329 e. The van der Waals surface area contributed by atoms with Crippen molar-refractivity contribution in [2.75, 3.05) is 13.1 Å². The van der Waals surface area contributed by atoms with Gasteiger partial charge in [0.1, 0.15) is 5.82 Å². The Morgan fingerprint density at radius 2 is 2.10 bits per heavy atom. The Labute approximate surface area is 122 Å². The third-order valence-electron chi connectivity index (χ3n) is 4.38. The fraction of sp³-hybridized carbons (Fsp3) is 0.647. The maximum atomic E-state index is 13.4. The van der Waals surface area contributed by atoms with Crippen molar-refractivity contribution in [2.45, 2.75) is 51.6 Å². The van der Waals surface area contributed by atoms with Crippen molar-refractivity contribution in [3.05, 3.63) is 35.6 Å². The molecule has 1 aromatic carbocycles. The summed E-state index contributed by atoms with van der Waals surface area (Å²) >= 11 is 0. The third kappa shape index (κ3) is 3.80. The van der Waals surface area contributed by atoms with Crippen LogP contribution in [-0.2, 0) is 6.42 Å². The summed E-state index contributed by atoms with van der Waals surface area (Å²) in [4.78, 5) is 2.51. The summed E-state index contributed by atoms with van der Waals surface area (Å²) in [6.45, 7) is 8.36. The predicted molar refractivity (Wildman–Crippen MR) is 82.1 cm³/mol. The zero-order valence-electron chi connectivity index (χ0n) is 12.9.